The van der Waals surface area contributed by atoms with Crippen LogP contribution in [0.15, 0.2) is 42.5 Å². The maximum absolute atomic E-state index is 12.3. The number of H-pyrrole nitrogens is 1. The maximum atomic E-state index is 12.3. The summed E-state index contributed by atoms with van der Waals surface area (Å²) < 4.78 is 5.92. The molecule has 0 saturated carbocycles. The largest absolute Gasteiger partial charge is 0.457 e. The molecule has 4 N–H and O–H groups in total. The minimum absolute atomic E-state index is 0.291. The molecule has 0 spiro atoms. The van der Waals surface area contributed by atoms with E-state index in [4.69, 9.17) is 27.5 Å². The number of carbonyl (C=O) groups excluding carboxylic acids is 1. The van der Waals surface area contributed by atoms with E-state index in [0.717, 1.165) is 11.4 Å². The summed E-state index contributed by atoms with van der Waals surface area (Å²) in [7, 11) is 5.47. The second kappa shape index (κ2) is 7.92. The molecule has 0 bridgehead atoms. The van der Waals surface area contributed by atoms with E-state index in [-0.39, 0.29) is 5.96 Å². The average molecular weight is 400 g/mol. The smallest absolute Gasteiger partial charge is 0.276 e. The molecule has 0 fully saturated rings. The van der Waals surface area contributed by atoms with E-state index in [2.05, 4.69) is 9.88 Å². The molecule has 3 aromatic rings. The molecule has 1 amide bonds. The van der Waals surface area contributed by atoms with Crippen molar-refractivity contribution in [3.63, 3.8) is 0 Å². The van der Waals surface area contributed by atoms with E-state index in [0.29, 0.717) is 33.1 Å². The molecule has 1 heterocycles. The molecule has 0 unspecified atom stereocenters. The summed E-state index contributed by atoms with van der Waals surface area (Å²) in [4.78, 5) is 18.5. The van der Waals surface area contributed by atoms with Crippen molar-refractivity contribution in [2.75, 3.05) is 21.1 Å². The summed E-state index contributed by atoms with van der Waals surface area (Å²) >= 11 is 6.37. The Labute approximate surface area is 168 Å². The molecule has 3 rings (SSSR count). The van der Waals surface area contributed by atoms with Crippen molar-refractivity contribution in [2.24, 2.45) is 5.73 Å². The molecule has 0 radical (unpaired) electrons. The Balaban J connectivity index is 1.85. The van der Waals surface area contributed by atoms with Gasteiger partial charge in [-0.05, 0) is 37.9 Å². The van der Waals surface area contributed by atoms with Crippen LogP contribution in [0.4, 0.5) is 0 Å². The van der Waals surface area contributed by atoms with Crippen LogP contribution in [-0.2, 0) is 6.54 Å². The monoisotopic (exact) mass is 399 g/mol. The summed E-state index contributed by atoms with van der Waals surface area (Å²) in [6, 6.07) is 13.0. The molecule has 0 aliphatic carbocycles. The van der Waals surface area contributed by atoms with Gasteiger partial charge in [-0.15, -0.1) is 0 Å². The Hall–Kier alpha value is -3.03. The highest BCUT2D eigenvalue weighted by atomic mass is 35.5. The maximum Gasteiger partial charge on any atom is 0.276 e. The molecular formula is C20H22ClN5O2. The van der Waals surface area contributed by atoms with Gasteiger partial charge >= 0.3 is 0 Å². The van der Waals surface area contributed by atoms with Gasteiger partial charge in [-0.25, -0.2) is 0 Å². The summed E-state index contributed by atoms with van der Waals surface area (Å²) in [6.07, 6.45) is 0. The van der Waals surface area contributed by atoms with Gasteiger partial charge in [0.1, 0.15) is 17.2 Å². The third kappa shape index (κ3) is 4.27. The fourth-order valence-electron chi connectivity index (χ4n) is 2.80. The van der Waals surface area contributed by atoms with E-state index in [9.17, 15) is 4.79 Å². The highest BCUT2D eigenvalue weighted by Gasteiger charge is 2.18. The van der Waals surface area contributed by atoms with Gasteiger partial charge in [0, 0.05) is 31.1 Å². The van der Waals surface area contributed by atoms with Crippen LogP contribution >= 0.6 is 11.6 Å². The summed E-state index contributed by atoms with van der Waals surface area (Å²) in [5, 5.41) is 8.54. The Morgan fingerprint density at radius 2 is 1.82 bits per heavy atom. The zero-order chi connectivity index (χ0) is 20.4. The highest BCUT2D eigenvalue weighted by molar-refractivity contribution is 6.35. The number of halogens is 1. The Morgan fingerprint density at radius 3 is 2.43 bits per heavy atom. The number of carbonyl (C=O) groups is 1. The summed E-state index contributed by atoms with van der Waals surface area (Å²) in [5.41, 5.74) is 7.51. The van der Waals surface area contributed by atoms with E-state index < -0.39 is 5.91 Å². The lowest BCUT2D eigenvalue weighted by atomic mass is 10.2. The van der Waals surface area contributed by atoms with Crippen LogP contribution in [0.2, 0.25) is 5.02 Å². The normalized spacial score (nSPS) is 11.0. The molecule has 0 saturated heterocycles. The fourth-order valence-corrected chi connectivity index (χ4v) is 3.06. The highest BCUT2D eigenvalue weighted by Crippen LogP contribution is 2.32. The van der Waals surface area contributed by atoms with Gasteiger partial charge in [0.05, 0.1) is 10.5 Å². The topological polar surface area (TPSA) is 98.4 Å². The van der Waals surface area contributed by atoms with E-state index in [1.807, 2.05) is 38.4 Å². The van der Waals surface area contributed by atoms with E-state index in [1.54, 1.807) is 18.2 Å². The lowest BCUT2D eigenvalue weighted by Crippen LogP contribution is -2.38. The zero-order valence-electron chi connectivity index (χ0n) is 15.9. The van der Waals surface area contributed by atoms with Gasteiger partial charge in [0.25, 0.3) is 5.91 Å². The number of nitrogens with zero attached hydrogens (tertiary/aromatic N) is 2. The average Bonchev–Trinajstić information content (AvgIpc) is 3.06. The van der Waals surface area contributed by atoms with Gasteiger partial charge in [0.2, 0.25) is 0 Å². The first-order valence-electron chi connectivity index (χ1n) is 8.60. The van der Waals surface area contributed by atoms with Crippen molar-refractivity contribution in [1.29, 1.82) is 5.41 Å². The van der Waals surface area contributed by atoms with E-state index in [1.165, 1.54) is 12.6 Å². The Kier molecular flexibility index (Phi) is 5.58. The van der Waals surface area contributed by atoms with Crippen LogP contribution in [0.3, 0.4) is 0 Å². The number of benzene rings is 2. The Bertz CT molecular complexity index is 1030. The van der Waals surface area contributed by atoms with Crippen molar-refractivity contribution < 1.29 is 9.53 Å². The van der Waals surface area contributed by atoms with Gasteiger partial charge in [0.15, 0.2) is 5.96 Å². The van der Waals surface area contributed by atoms with Gasteiger partial charge < -0.3 is 20.4 Å². The molecule has 0 atom stereocenters. The third-order valence-corrected chi connectivity index (χ3v) is 4.53. The van der Waals surface area contributed by atoms with Crippen LogP contribution in [0.1, 0.15) is 16.1 Å². The SMILES string of the molecule is CN(C)Cc1ccc(Oc2cc(Cl)c3cc(C(=O)N(C)C(=N)N)[nH]c3c2)cc1. The minimum atomic E-state index is -0.418. The first kappa shape index (κ1) is 19.7. The first-order chi connectivity index (χ1) is 13.2. The molecule has 146 valence electrons. The standard InChI is InChI=1S/C20H22ClN5O2/c1-25(2)11-12-4-6-13(7-5-12)28-14-8-16(21)15-10-18(24-17(15)9-14)19(27)26(3)20(22)23/h4-10,24H,11H2,1-3H3,(H3,22,23). The molecule has 0 aliphatic rings. The molecule has 7 nitrogen and oxygen atoms in total. The minimum Gasteiger partial charge on any atom is -0.457 e. The van der Waals surface area contributed by atoms with Crippen molar-refractivity contribution >= 4 is 34.4 Å². The number of nitrogens with two attached hydrogens (primary N) is 1. The number of aromatic amines is 1. The predicted octanol–water partition coefficient (Wildman–Crippen LogP) is 3.64. The van der Waals surface area contributed by atoms with Crippen LogP contribution < -0.4 is 10.5 Å². The molecule has 0 aliphatic heterocycles. The molecule has 8 heteroatoms. The number of nitrogens with one attached hydrogen (secondary N) is 2. The van der Waals surface area contributed by atoms with Crippen molar-refractivity contribution in [2.45, 2.75) is 6.54 Å². The number of hydrogen-bond donors (Lipinski definition) is 3. The van der Waals surface area contributed by atoms with Crippen LogP contribution in [0.25, 0.3) is 10.9 Å². The van der Waals surface area contributed by atoms with Crippen molar-refractivity contribution in [3.05, 3.63) is 58.7 Å². The van der Waals surface area contributed by atoms with Crippen molar-refractivity contribution in [1.82, 2.24) is 14.8 Å². The van der Waals surface area contributed by atoms with Gasteiger partial charge in [-0.3, -0.25) is 15.1 Å². The number of ether oxygens (including phenoxy) is 1. The number of hydrogen-bond acceptors (Lipinski definition) is 4. The third-order valence-electron chi connectivity index (χ3n) is 4.22. The first-order valence-corrected chi connectivity index (χ1v) is 8.98. The van der Waals surface area contributed by atoms with E-state index >= 15 is 0 Å². The lowest BCUT2D eigenvalue weighted by molar-refractivity contribution is 0.0864. The summed E-state index contributed by atoms with van der Waals surface area (Å²) in [6.45, 7) is 0.853. The molecule has 2 aromatic carbocycles. The quantitative estimate of drug-likeness (QED) is 0.450. The summed E-state index contributed by atoms with van der Waals surface area (Å²) in [5.74, 6) is 0.492. The van der Waals surface area contributed by atoms with Crippen LogP contribution in [-0.4, -0.2) is 47.8 Å². The van der Waals surface area contributed by atoms with Gasteiger partial charge in [-0.2, -0.15) is 0 Å². The number of amides is 1. The van der Waals surface area contributed by atoms with Gasteiger partial charge in [-0.1, -0.05) is 23.7 Å². The number of aromatic nitrogens is 1. The fraction of sp³-hybridized carbons (Fsp3) is 0.200. The number of fused-ring (bicyclic) bond motifs is 1. The molecule has 1 aromatic heterocycles. The number of rotatable bonds is 5. The molecular weight excluding hydrogens is 378 g/mol. The second-order valence-electron chi connectivity index (χ2n) is 6.78. The van der Waals surface area contributed by atoms with Crippen molar-refractivity contribution in [3.8, 4) is 11.5 Å². The number of guanidine groups is 1. The molecule has 28 heavy (non-hydrogen) atoms. The van der Waals surface area contributed by atoms with Crippen LogP contribution in [0.5, 0.6) is 11.5 Å². The van der Waals surface area contributed by atoms with Crippen LogP contribution in [0, 0.1) is 5.41 Å². The second-order valence-corrected chi connectivity index (χ2v) is 7.19. The Morgan fingerprint density at radius 1 is 1.14 bits per heavy atom. The zero-order valence-corrected chi connectivity index (χ0v) is 16.7. The lowest BCUT2D eigenvalue weighted by Gasteiger charge is -2.12. The predicted molar refractivity (Wildman–Crippen MR) is 111 cm³/mol.